The van der Waals surface area contributed by atoms with E-state index in [0.29, 0.717) is 32.5 Å². The molecule has 1 heterocycles. The van der Waals surface area contributed by atoms with Crippen LogP contribution < -0.4 is 10.2 Å². The van der Waals surface area contributed by atoms with Gasteiger partial charge < -0.3 is 20.0 Å². The number of hydrogen-bond acceptors (Lipinski definition) is 3. The molecule has 1 aromatic rings. The summed E-state index contributed by atoms with van der Waals surface area (Å²) in [5, 5.41) is 2.77. The Balaban J connectivity index is 1.75. The molecule has 2 rings (SSSR count). The number of amides is 4. The van der Waals surface area contributed by atoms with E-state index in [4.69, 9.17) is 0 Å². The van der Waals surface area contributed by atoms with Crippen LogP contribution in [0.2, 0.25) is 0 Å². The molecule has 0 atom stereocenters. The second-order valence-electron chi connectivity index (χ2n) is 5.93. The first-order valence-corrected chi connectivity index (χ1v) is 8.07. The summed E-state index contributed by atoms with van der Waals surface area (Å²) in [6.07, 6.45) is 0.981. The minimum atomic E-state index is -0.256. The quantitative estimate of drug-likeness (QED) is 0.815. The Hall–Kier alpha value is -2.57. The second kappa shape index (κ2) is 8.33. The first kappa shape index (κ1) is 17.8. The van der Waals surface area contributed by atoms with Crippen molar-refractivity contribution in [2.45, 2.75) is 12.8 Å². The number of carbonyl (C=O) groups is 3. The van der Waals surface area contributed by atoms with Crippen molar-refractivity contribution < 1.29 is 14.4 Å². The van der Waals surface area contributed by atoms with Crippen LogP contribution in [0.1, 0.15) is 12.8 Å². The predicted octanol–water partition coefficient (Wildman–Crippen LogP) is 0.913. The normalized spacial score (nSPS) is 14.5. The number of rotatable bonds is 5. The van der Waals surface area contributed by atoms with E-state index in [-0.39, 0.29) is 24.4 Å². The van der Waals surface area contributed by atoms with Crippen molar-refractivity contribution in [3.8, 4) is 0 Å². The summed E-state index contributed by atoms with van der Waals surface area (Å²) < 4.78 is 0. The number of nitrogens with one attached hydrogen (secondary N) is 1. The molecule has 1 aliphatic rings. The summed E-state index contributed by atoms with van der Waals surface area (Å²) >= 11 is 0. The lowest BCUT2D eigenvalue weighted by Gasteiger charge is -2.34. The zero-order valence-corrected chi connectivity index (χ0v) is 14.2. The number of benzene rings is 1. The van der Waals surface area contributed by atoms with Crippen LogP contribution >= 0.6 is 0 Å². The molecule has 0 spiro atoms. The largest absolute Gasteiger partial charge is 0.349 e. The molecular weight excluding hydrogens is 308 g/mol. The number of para-hydroxylation sites is 1. The maximum Gasteiger partial charge on any atom is 0.317 e. The number of anilines is 1. The van der Waals surface area contributed by atoms with Gasteiger partial charge in [0, 0.05) is 45.8 Å². The van der Waals surface area contributed by atoms with Gasteiger partial charge in [-0.3, -0.25) is 9.59 Å². The Bertz CT molecular complexity index is 589. The highest BCUT2D eigenvalue weighted by molar-refractivity contribution is 5.97. The number of piperazine rings is 1. The highest BCUT2D eigenvalue weighted by Crippen LogP contribution is 2.16. The van der Waals surface area contributed by atoms with Gasteiger partial charge in [0.1, 0.15) is 6.54 Å². The summed E-state index contributed by atoms with van der Waals surface area (Å²) in [5.74, 6) is -0.0544. The smallest absolute Gasteiger partial charge is 0.317 e. The standard InChI is InChI=1S/C17H24N4O3/c1-19(2)15(22)9-6-10-18-17(24)20-11-12-21(16(23)13-20)14-7-4-3-5-8-14/h3-5,7-8H,6,9-13H2,1-2H3,(H,18,24). The molecule has 1 aromatic carbocycles. The Morgan fingerprint density at radius 2 is 1.88 bits per heavy atom. The van der Waals surface area contributed by atoms with Crippen molar-refractivity contribution in [1.82, 2.24) is 15.1 Å². The number of hydrogen-bond donors (Lipinski definition) is 1. The topological polar surface area (TPSA) is 73.0 Å². The Labute approximate surface area is 142 Å². The van der Waals surface area contributed by atoms with Gasteiger partial charge in [0.15, 0.2) is 0 Å². The fourth-order valence-corrected chi connectivity index (χ4v) is 2.50. The van der Waals surface area contributed by atoms with E-state index >= 15 is 0 Å². The minimum Gasteiger partial charge on any atom is -0.349 e. The van der Waals surface area contributed by atoms with Gasteiger partial charge in [-0.25, -0.2) is 4.79 Å². The molecule has 130 valence electrons. The van der Waals surface area contributed by atoms with Gasteiger partial charge in [0.25, 0.3) is 0 Å². The molecule has 0 aliphatic carbocycles. The average Bonchev–Trinajstić information content (AvgIpc) is 2.58. The number of carbonyl (C=O) groups excluding carboxylic acids is 3. The van der Waals surface area contributed by atoms with E-state index in [1.807, 2.05) is 30.3 Å². The molecule has 0 unspecified atom stereocenters. The fraction of sp³-hybridized carbons (Fsp3) is 0.471. The summed E-state index contributed by atoms with van der Waals surface area (Å²) in [4.78, 5) is 40.6. The molecule has 7 heteroatoms. The number of urea groups is 1. The molecule has 7 nitrogen and oxygen atoms in total. The summed E-state index contributed by atoms with van der Waals surface area (Å²) in [6, 6.07) is 9.19. The summed E-state index contributed by atoms with van der Waals surface area (Å²) in [6.45, 7) is 1.46. The van der Waals surface area contributed by atoms with Crippen molar-refractivity contribution in [3.05, 3.63) is 30.3 Å². The molecule has 1 fully saturated rings. The van der Waals surface area contributed by atoms with Gasteiger partial charge in [-0.15, -0.1) is 0 Å². The van der Waals surface area contributed by atoms with Crippen molar-refractivity contribution in [1.29, 1.82) is 0 Å². The molecule has 0 radical (unpaired) electrons. The van der Waals surface area contributed by atoms with Gasteiger partial charge >= 0.3 is 6.03 Å². The molecule has 1 N–H and O–H groups in total. The SMILES string of the molecule is CN(C)C(=O)CCCNC(=O)N1CCN(c2ccccc2)C(=O)C1. The van der Waals surface area contributed by atoms with Crippen molar-refractivity contribution in [2.75, 3.05) is 45.2 Å². The van der Waals surface area contributed by atoms with Gasteiger partial charge in [-0.1, -0.05) is 18.2 Å². The van der Waals surface area contributed by atoms with E-state index < -0.39 is 0 Å². The van der Waals surface area contributed by atoms with Crippen LogP contribution in [0.5, 0.6) is 0 Å². The molecule has 0 saturated carbocycles. The Kier molecular flexibility index (Phi) is 6.17. The first-order chi connectivity index (χ1) is 11.5. The van der Waals surface area contributed by atoms with Crippen LogP contribution in [0.4, 0.5) is 10.5 Å². The Morgan fingerprint density at radius 1 is 1.17 bits per heavy atom. The monoisotopic (exact) mass is 332 g/mol. The van der Waals surface area contributed by atoms with Crippen LogP contribution in [0.15, 0.2) is 30.3 Å². The van der Waals surface area contributed by atoms with Crippen LogP contribution in [-0.4, -0.2) is 67.9 Å². The lowest BCUT2D eigenvalue weighted by atomic mass is 10.2. The van der Waals surface area contributed by atoms with E-state index in [9.17, 15) is 14.4 Å². The van der Waals surface area contributed by atoms with Gasteiger partial charge in [-0.05, 0) is 18.6 Å². The fourth-order valence-electron chi connectivity index (χ4n) is 2.50. The molecular formula is C17H24N4O3. The predicted molar refractivity (Wildman–Crippen MR) is 91.7 cm³/mol. The average molecular weight is 332 g/mol. The highest BCUT2D eigenvalue weighted by atomic mass is 16.2. The maximum absolute atomic E-state index is 12.3. The van der Waals surface area contributed by atoms with Gasteiger partial charge in [0.2, 0.25) is 11.8 Å². The zero-order chi connectivity index (χ0) is 17.5. The van der Waals surface area contributed by atoms with Crippen molar-refractivity contribution in [3.63, 3.8) is 0 Å². The van der Waals surface area contributed by atoms with Gasteiger partial charge in [-0.2, -0.15) is 0 Å². The molecule has 1 aliphatic heterocycles. The number of nitrogens with zero attached hydrogens (tertiary/aromatic N) is 3. The third-order valence-corrected chi connectivity index (χ3v) is 3.92. The van der Waals surface area contributed by atoms with Crippen molar-refractivity contribution >= 4 is 23.5 Å². The Morgan fingerprint density at radius 3 is 2.50 bits per heavy atom. The van der Waals surface area contributed by atoms with E-state index in [1.165, 1.54) is 9.80 Å². The molecule has 4 amide bonds. The lowest BCUT2D eigenvalue weighted by Crippen LogP contribution is -2.55. The lowest BCUT2D eigenvalue weighted by molar-refractivity contribution is -0.128. The minimum absolute atomic E-state index is 0.0379. The maximum atomic E-state index is 12.3. The van der Waals surface area contributed by atoms with Crippen LogP contribution in [0.3, 0.4) is 0 Å². The van der Waals surface area contributed by atoms with E-state index in [1.54, 1.807) is 19.0 Å². The van der Waals surface area contributed by atoms with Crippen LogP contribution in [-0.2, 0) is 9.59 Å². The van der Waals surface area contributed by atoms with Crippen LogP contribution in [0, 0.1) is 0 Å². The van der Waals surface area contributed by atoms with E-state index in [0.717, 1.165) is 5.69 Å². The molecule has 1 saturated heterocycles. The molecule has 0 bridgehead atoms. The third kappa shape index (κ3) is 4.71. The van der Waals surface area contributed by atoms with Crippen LogP contribution in [0.25, 0.3) is 0 Å². The highest BCUT2D eigenvalue weighted by Gasteiger charge is 2.27. The second-order valence-corrected chi connectivity index (χ2v) is 5.93. The van der Waals surface area contributed by atoms with Crippen molar-refractivity contribution in [2.24, 2.45) is 0 Å². The zero-order valence-electron chi connectivity index (χ0n) is 14.2. The molecule has 0 aromatic heterocycles. The molecule has 24 heavy (non-hydrogen) atoms. The first-order valence-electron chi connectivity index (χ1n) is 8.07. The summed E-state index contributed by atoms with van der Waals surface area (Å²) in [5.41, 5.74) is 0.852. The third-order valence-electron chi connectivity index (χ3n) is 3.92. The van der Waals surface area contributed by atoms with E-state index in [2.05, 4.69) is 5.32 Å². The summed E-state index contributed by atoms with van der Waals surface area (Å²) in [7, 11) is 3.41. The van der Waals surface area contributed by atoms with Gasteiger partial charge in [0.05, 0.1) is 0 Å².